The van der Waals surface area contributed by atoms with Gasteiger partial charge in [0.2, 0.25) is 0 Å². The van der Waals surface area contributed by atoms with Gasteiger partial charge in [0.25, 0.3) is 0 Å². The quantitative estimate of drug-likeness (QED) is 0.244. The molecule has 7 nitrogen and oxygen atoms in total. The molecule has 2 aromatic heterocycles. The number of nitrogens with zero attached hydrogens (tertiary/aromatic N) is 2. The van der Waals surface area contributed by atoms with Gasteiger partial charge in [-0.1, -0.05) is 55.5 Å². The largest absolute Gasteiger partial charge is 0.493 e. The van der Waals surface area contributed by atoms with Crippen LogP contribution in [0.25, 0.3) is 32.8 Å². The highest BCUT2D eigenvalue weighted by Gasteiger charge is 2.35. The molecule has 0 amide bonds. The van der Waals surface area contributed by atoms with Crippen molar-refractivity contribution in [2.45, 2.75) is 51.7 Å². The van der Waals surface area contributed by atoms with Gasteiger partial charge in [0.05, 0.1) is 30.1 Å². The third kappa shape index (κ3) is 3.83. The van der Waals surface area contributed by atoms with Crippen molar-refractivity contribution >= 4 is 27.6 Å². The van der Waals surface area contributed by atoms with E-state index in [2.05, 4.69) is 52.0 Å². The lowest BCUT2D eigenvalue weighted by Crippen LogP contribution is -2.12. The van der Waals surface area contributed by atoms with E-state index in [0.717, 1.165) is 68.3 Å². The second-order valence-corrected chi connectivity index (χ2v) is 10.6. The molecule has 2 N–H and O–H groups in total. The van der Waals surface area contributed by atoms with Crippen LogP contribution in [0.3, 0.4) is 0 Å². The minimum Gasteiger partial charge on any atom is -0.493 e. The molecule has 0 bridgehead atoms. The molecule has 5 aromatic rings. The van der Waals surface area contributed by atoms with Gasteiger partial charge in [-0.2, -0.15) is 5.10 Å². The number of aromatic carboxylic acids is 1. The zero-order chi connectivity index (χ0) is 26.5. The lowest BCUT2D eigenvalue weighted by atomic mass is 9.97. The summed E-state index contributed by atoms with van der Waals surface area (Å²) in [4.78, 5) is 12.8. The Balaban J connectivity index is 1.29. The highest BCUT2D eigenvalue weighted by molar-refractivity contribution is 6.06. The maximum Gasteiger partial charge on any atom is 0.352 e. The second-order valence-electron chi connectivity index (χ2n) is 10.6. The molecule has 3 aromatic carbocycles. The SMILES string of the molecule is CC1c2ccc3c(CCCOc4cccc5ccccc45)c(C(=O)O)n4c3c2-c2c1n[nH]c2COCCCC4. The molecule has 0 saturated carbocycles. The number of carboxylic acid groups (broad SMARTS) is 1. The number of hydrogen-bond donors (Lipinski definition) is 2. The average Bonchev–Trinajstić information content (AvgIpc) is 3.58. The fourth-order valence-electron chi connectivity index (χ4n) is 6.52. The predicted molar refractivity (Wildman–Crippen MR) is 151 cm³/mol. The normalized spacial score (nSPS) is 16.5. The molecule has 39 heavy (non-hydrogen) atoms. The van der Waals surface area contributed by atoms with Gasteiger partial charge < -0.3 is 19.1 Å². The summed E-state index contributed by atoms with van der Waals surface area (Å²) in [6.07, 6.45) is 3.06. The second kappa shape index (κ2) is 9.58. The maximum absolute atomic E-state index is 12.8. The molecule has 1 atom stereocenters. The summed E-state index contributed by atoms with van der Waals surface area (Å²) >= 11 is 0. The number of fused-ring (bicyclic) bond motifs is 1. The number of carboxylic acids is 1. The Hall–Kier alpha value is -4.10. The van der Waals surface area contributed by atoms with Gasteiger partial charge in [0.1, 0.15) is 11.4 Å². The summed E-state index contributed by atoms with van der Waals surface area (Å²) in [5.74, 6) is 0.119. The van der Waals surface area contributed by atoms with Gasteiger partial charge in [-0.25, -0.2) is 4.79 Å². The van der Waals surface area contributed by atoms with Crippen LogP contribution in [0.2, 0.25) is 0 Å². The van der Waals surface area contributed by atoms with E-state index in [0.29, 0.717) is 44.9 Å². The Bertz CT molecular complexity index is 1730. The molecule has 0 fully saturated rings. The van der Waals surface area contributed by atoms with E-state index in [1.165, 1.54) is 5.56 Å². The van der Waals surface area contributed by atoms with Crippen LogP contribution in [0.15, 0.2) is 54.6 Å². The fraction of sp³-hybridized carbons (Fsp3) is 0.312. The van der Waals surface area contributed by atoms with Crippen LogP contribution in [0.1, 0.15) is 65.1 Å². The molecular formula is C32H31N3O4. The Morgan fingerprint density at radius 2 is 1.97 bits per heavy atom. The zero-order valence-electron chi connectivity index (χ0n) is 22.0. The van der Waals surface area contributed by atoms with Crippen LogP contribution >= 0.6 is 0 Å². The topological polar surface area (TPSA) is 89.4 Å². The van der Waals surface area contributed by atoms with E-state index in [9.17, 15) is 9.90 Å². The van der Waals surface area contributed by atoms with E-state index in [4.69, 9.17) is 9.47 Å². The highest BCUT2D eigenvalue weighted by Crippen LogP contribution is 2.50. The molecule has 3 heterocycles. The molecular weight excluding hydrogens is 490 g/mol. The first kappa shape index (κ1) is 24.0. The summed E-state index contributed by atoms with van der Waals surface area (Å²) < 4.78 is 14.2. The Kier molecular flexibility index (Phi) is 5.89. The van der Waals surface area contributed by atoms with E-state index >= 15 is 0 Å². The monoisotopic (exact) mass is 521 g/mol. The molecule has 7 rings (SSSR count). The average molecular weight is 522 g/mol. The van der Waals surface area contributed by atoms with Gasteiger partial charge in [-0.05, 0) is 48.3 Å². The third-order valence-electron chi connectivity index (χ3n) is 8.30. The van der Waals surface area contributed by atoms with E-state index in [-0.39, 0.29) is 5.92 Å². The first-order chi connectivity index (χ1) is 19.1. The lowest BCUT2D eigenvalue weighted by Gasteiger charge is -2.12. The van der Waals surface area contributed by atoms with Gasteiger partial charge >= 0.3 is 5.97 Å². The van der Waals surface area contributed by atoms with Crippen LogP contribution in [-0.2, 0) is 24.3 Å². The number of rotatable bonds is 6. The molecule has 2 aliphatic rings. The zero-order valence-corrected chi connectivity index (χ0v) is 22.0. The molecule has 1 aliphatic carbocycles. The van der Waals surface area contributed by atoms with Gasteiger partial charge in [-0.3, -0.25) is 5.10 Å². The molecule has 7 heteroatoms. The smallest absolute Gasteiger partial charge is 0.352 e. The van der Waals surface area contributed by atoms with Crippen LogP contribution < -0.4 is 4.74 Å². The van der Waals surface area contributed by atoms with Crippen molar-refractivity contribution in [3.05, 3.63) is 82.8 Å². The summed E-state index contributed by atoms with van der Waals surface area (Å²) in [7, 11) is 0. The molecule has 0 spiro atoms. The van der Waals surface area contributed by atoms with Crippen molar-refractivity contribution in [2.75, 3.05) is 13.2 Å². The van der Waals surface area contributed by atoms with Crippen LogP contribution in [0.4, 0.5) is 0 Å². The Morgan fingerprint density at radius 1 is 1.10 bits per heavy atom. The van der Waals surface area contributed by atoms with Crippen molar-refractivity contribution in [2.24, 2.45) is 0 Å². The van der Waals surface area contributed by atoms with E-state index in [1.807, 2.05) is 24.3 Å². The number of benzene rings is 3. The first-order valence-corrected chi connectivity index (χ1v) is 13.8. The predicted octanol–water partition coefficient (Wildman–Crippen LogP) is 6.67. The van der Waals surface area contributed by atoms with Crippen molar-refractivity contribution in [1.29, 1.82) is 0 Å². The number of hydrogen-bond acceptors (Lipinski definition) is 4. The number of aromatic amines is 1. The van der Waals surface area contributed by atoms with Crippen LogP contribution in [0, 0.1) is 0 Å². The first-order valence-electron chi connectivity index (χ1n) is 13.8. The Morgan fingerprint density at radius 3 is 2.87 bits per heavy atom. The van der Waals surface area contributed by atoms with Gasteiger partial charge in [0.15, 0.2) is 0 Å². The minimum atomic E-state index is -0.880. The lowest BCUT2D eigenvalue weighted by molar-refractivity contribution is 0.0683. The fourth-order valence-corrected chi connectivity index (χ4v) is 6.52. The van der Waals surface area contributed by atoms with Crippen LogP contribution in [0.5, 0.6) is 5.75 Å². The van der Waals surface area contributed by atoms with Crippen LogP contribution in [-0.4, -0.2) is 39.1 Å². The summed E-state index contributed by atoms with van der Waals surface area (Å²) in [5.41, 5.74) is 7.71. The van der Waals surface area contributed by atoms with Gasteiger partial charge in [0, 0.05) is 41.0 Å². The summed E-state index contributed by atoms with van der Waals surface area (Å²) in [6, 6.07) is 18.6. The summed E-state index contributed by atoms with van der Waals surface area (Å²) in [6.45, 7) is 4.44. The highest BCUT2D eigenvalue weighted by atomic mass is 16.5. The molecule has 1 aliphatic heterocycles. The third-order valence-corrected chi connectivity index (χ3v) is 8.30. The van der Waals surface area contributed by atoms with Crippen molar-refractivity contribution in [1.82, 2.24) is 14.8 Å². The number of nitrogens with one attached hydrogen (secondary N) is 1. The molecule has 198 valence electrons. The van der Waals surface area contributed by atoms with E-state index in [1.54, 1.807) is 0 Å². The molecule has 0 radical (unpaired) electrons. The van der Waals surface area contributed by atoms with E-state index < -0.39 is 5.97 Å². The standard InChI is InChI=1S/C32H31N3O4/c1-19-21-13-14-24-23(11-7-17-39-26-12-6-9-20-8-2-3-10-22(20)26)31(32(36)37)35-15-4-5-16-38-18-25-28(27(21)30(24)35)29(19)34-33-25/h2-3,6,8-10,12-14,19H,4-5,7,11,15-18H2,1H3,(H,33,34)(H,36,37). The van der Waals surface area contributed by atoms with Crippen molar-refractivity contribution in [3.63, 3.8) is 0 Å². The number of aromatic nitrogens is 3. The number of ether oxygens (including phenoxy) is 2. The summed E-state index contributed by atoms with van der Waals surface area (Å²) in [5, 5.41) is 21.6. The Labute approximate surface area is 226 Å². The van der Waals surface area contributed by atoms with Crippen molar-refractivity contribution in [3.8, 4) is 16.9 Å². The van der Waals surface area contributed by atoms with Crippen molar-refractivity contribution < 1.29 is 19.4 Å². The number of aryl methyl sites for hydroxylation is 2. The van der Waals surface area contributed by atoms with Gasteiger partial charge in [-0.15, -0.1) is 0 Å². The maximum atomic E-state index is 12.8. The molecule has 0 saturated heterocycles. The molecule has 1 unspecified atom stereocenters. The minimum absolute atomic E-state index is 0.140. The number of carbonyl (C=O) groups is 1. The number of H-pyrrole nitrogens is 1.